The lowest BCUT2D eigenvalue weighted by molar-refractivity contribution is 0.446. The van der Waals surface area contributed by atoms with Crippen LogP contribution in [0, 0.1) is 6.92 Å². The van der Waals surface area contributed by atoms with E-state index in [0.717, 1.165) is 12.1 Å². The third kappa shape index (κ3) is 3.73. The Hall–Kier alpha value is -2.00. The summed E-state index contributed by atoms with van der Waals surface area (Å²) in [5.41, 5.74) is 3.32. The standard InChI is InChI=1S/C16H19NO2/c1-11-4-3-5-13(6-11)10-17-12(2)14-7-15(18)9-16(19)8-14/h3-9,12,17-19H,10H2,1-2H3. The van der Waals surface area contributed by atoms with Crippen molar-refractivity contribution in [1.82, 2.24) is 5.32 Å². The molecule has 3 heteroatoms. The van der Waals surface area contributed by atoms with Gasteiger partial charge in [0.15, 0.2) is 0 Å². The molecule has 0 aromatic heterocycles. The van der Waals surface area contributed by atoms with E-state index in [1.807, 2.05) is 13.0 Å². The first kappa shape index (κ1) is 13.4. The molecule has 0 spiro atoms. The van der Waals surface area contributed by atoms with Crippen LogP contribution in [0.4, 0.5) is 0 Å². The summed E-state index contributed by atoms with van der Waals surface area (Å²) in [6.45, 7) is 4.82. The molecule has 0 bridgehead atoms. The highest BCUT2D eigenvalue weighted by atomic mass is 16.3. The molecule has 0 saturated heterocycles. The first-order chi connectivity index (χ1) is 9.04. The van der Waals surface area contributed by atoms with Crippen molar-refractivity contribution < 1.29 is 10.2 Å². The van der Waals surface area contributed by atoms with Crippen molar-refractivity contribution in [3.63, 3.8) is 0 Å². The number of rotatable bonds is 4. The van der Waals surface area contributed by atoms with Crippen LogP contribution in [-0.4, -0.2) is 10.2 Å². The Bertz CT molecular complexity index is 546. The number of benzene rings is 2. The van der Waals surface area contributed by atoms with Gasteiger partial charge in [-0.05, 0) is 37.1 Å². The zero-order chi connectivity index (χ0) is 13.8. The molecule has 1 atom stereocenters. The largest absolute Gasteiger partial charge is 0.508 e. The van der Waals surface area contributed by atoms with E-state index in [4.69, 9.17) is 0 Å². The quantitative estimate of drug-likeness (QED) is 0.788. The van der Waals surface area contributed by atoms with Crippen LogP contribution in [-0.2, 0) is 6.54 Å². The van der Waals surface area contributed by atoms with Crippen molar-refractivity contribution in [2.45, 2.75) is 26.4 Å². The van der Waals surface area contributed by atoms with Gasteiger partial charge in [0.1, 0.15) is 11.5 Å². The van der Waals surface area contributed by atoms with E-state index in [0.29, 0.717) is 0 Å². The number of hydrogen-bond donors (Lipinski definition) is 3. The first-order valence-corrected chi connectivity index (χ1v) is 6.36. The van der Waals surface area contributed by atoms with Gasteiger partial charge in [0, 0.05) is 18.7 Å². The molecular weight excluding hydrogens is 238 g/mol. The van der Waals surface area contributed by atoms with Crippen molar-refractivity contribution in [3.05, 3.63) is 59.2 Å². The molecule has 0 fully saturated rings. The number of aryl methyl sites for hydroxylation is 1. The van der Waals surface area contributed by atoms with Crippen LogP contribution in [0.1, 0.15) is 29.7 Å². The summed E-state index contributed by atoms with van der Waals surface area (Å²) in [5.74, 6) is 0.165. The molecule has 0 radical (unpaired) electrons. The van der Waals surface area contributed by atoms with E-state index in [-0.39, 0.29) is 17.5 Å². The topological polar surface area (TPSA) is 52.5 Å². The SMILES string of the molecule is Cc1cccc(CNC(C)c2cc(O)cc(O)c2)c1. The average molecular weight is 257 g/mol. The Kier molecular flexibility index (Phi) is 4.07. The fraction of sp³-hybridized carbons (Fsp3) is 0.250. The predicted molar refractivity (Wildman–Crippen MR) is 76.2 cm³/mol. The van der Waals surface area contributed by atoms with Crippen LogP contribution < -0.4 is 5.32 Å². The number of phenols is 2. The molecule has 2 aromatic rings. The fourth-order valence-corrected chi connectivity index (χ4v) is 2.08. The van der Waals surface area contributed by atoms with Gasteiger partial charge in [0.25, 0.3) is 0 Å². The third-order valence-corrected chi connectivity index (χ3v) is 3.12. The minimum absolute atomic E-state index is 0.0542. The molecule has 0 saturated carbocycles. The first-order valence-electron chi connectivity index (χ1n) is 6.36. The minimum atomic E-state index is 0.0542. The van der Waals surface area contributed by atoms with Gasteiger partial charge in [-0.1, -0.05) is 29.8 Å². The fourth-order valence-electron chi connectivity index (χ4n) is 2.08. The van der Waals surface area contributed by atoms with Crippen molar-refractivity contribution >= 4 is 0 Å². The minimum Gasteiger partial charge on any atom is -0.508 e. The summed E-state index contributed by atoms with van der Waals surface area (Å²) in [6, 6.07) is 13.0. The summed E-state index contributed by atoms with van der Waals surface area (Å²) in [4.78, 5) is 0. The zero-order valence-electron chi connectivity index (χ0n) is 11.2. The number of nitrogens with one attached hydrogen (secondary N) is 1. The van der Waals surface area contributed by atoms with Crippen LogP contribution in [0.25, 0.3) is 0 Å². The Morgan fingerprint density at radius 1 is 1.05 bits per heavy atom. The highest BCUT2D eigenvalue weighted by Crippen LogP contribution is 2.24. The Balaban J connectivity index is 2.03. The van der Waals surface area contributed by atoms with Gasteiger partial charge in [0.05, 0.1) is 0 Å². The molecule has 3 nitrogen and oxygen atoms in total. The van der Waals surface area contributed by atoms with E-state index in [1.54, 1.807) is 12.1 Å². The molecule has 0 aliphatic heterocycles. The van der Waals surface area contributed by atoms with Gasteiger partial charge in [-0.3, -0.25) is 0 Å². The second-order valence-corrected chi connectivity index (χ2v) is 4.87. The number of hydrogen-bond acceptors (Lipinski definition) is 3. The third-order valence-electron chi connectivity index (χ3n) is 3.12. The second kappa shape index (κ2) is 5.76. The van der Waals surface area contributed by atoms with E-state index >= 15 is 0 Å². The maximum Gasteiger partial charge on any atom is 0.119 e. The summed E-state index contributed by atoms with van der Waals surface area (Å²) >= 11 is 0. The van der Waals surface area contributed by atoms with Crippen molar-refractivity contribution in [3.8, 4) is 11.5 Å². The Morgan fingerprint density at radius 3 is 2.37 bits per heavy atom. The van der Waals surface area contributed by atoms with Crippen LogP contribution in [0.2, 0.25) is 0 Å². The summed E-state index contributed by atoms with van der Waals surface area (Å²) in [7, 11) is 0. The van der Waals surface area contributed by atoms with Gasteiger partial charge in [0.2, 0.25) is 0 Å². The normalized spacial score (nSPS) is 12.3. The number of aromatic hydroxyl groups is 2. The maximum absolute atomic E-state index is 9.48. The molecular formula is C16H19NO2. The van der Waals surface area contributed by atoms with Crippen molar-refractivity contribution in [2.75, 3.05) is 0 Å². The lowest BCUT2D eigenvalue weighted by Crippen LogP contribution is -2.18. The zero-order valence-corrected chi connectivity index (χ0v) is 11.2. The van der Waals surface area contributed by atoms with Gasteiger partial charge >= 0.3 is 0 Å². The second-order valence-electron chi connectivity index (χ2n) is 4.87. The van der Waals surface area contributed by atoms with E-state index in [9.17, 15) is 10.2 Å². The lowest BCUT2D eigenvalue weighted by Gasteiger charge is -2.15. The van der Waals surface area contributed by atoms with Gasteiger partial charge < -0.3 is 15.5 Å². The lowest BCUT2D eigenvalue weighted by atomic mass is 10.1. The van der Waals surface area contributed by atoms with E-state index in [1.165, 1.54) is 17.2 Å². The molecule has 1 unspecified atom stereocenters. The van der Waals surface area contributed by atoms with Crippen LogP contribution in [0.15, 0.2) is 42.5 Å². The van der Waals surface area contributed by atoms with Crippen LogP contribution in [0.5, 0.6) is 11.5 Å². The Morgan fingerprint density at radius 2 is 1.74 bits per heavy atom. The molecule has 2 rings (SSSR count). The molecule has 0 aliphatic rings. The Labute approximate surface area is 113 Å². The summed E-state index contributed by atoms with van der Waals surface area (Å²) in [6.07, 6.45) is 0. The maximum atomic E-state index is 9.48. The van der Waals surface area contributed by atoms with E-state index < -0.39 is 0 Å². The summed E-state index contributed by atoms with van der Waals surface area (Å²) < 4.78 is 0. The highest BCUT2D eigenvalue weighted by Gasteiger charge is 2.07. The van der Waals surface area contributed by atoms with Crippen molar-refractivity contribution in [1.29, 1.82) is 0 Å². The molecule has 0 heterocycles. The van der Waals surface area contributed by atoms with Gasteiger partial charge in [-0.15, -0.1) is 0 Å². The molecule has 2 aromatic carbocycles. The van der Waals surface area contributed by atoms with Crippen LogP contribution in [0.3, 0.4) is 0 Å². The predicted octanol–water partition coefficient (Wildman–Crippen LogP) is 3.26. The molecule has 0 amide bonds. The molecule has 0 aliphatic carbocycles. The molecule has 100 valence electrons. The monoisotopic (exact) mass is 257 g/mol. The van der Waals surface area contributed by atoms with Crippen LogP contribution >= 0.6 is 0 Å². The van der Waals surface area contributed by atoms with Gasteiger partial charge in [-0.25, -0.2) is 0 Å². The highest BCUT2D eigenvalue weighted by molar-refractivity contribution is 5.38. The average Bonchev–Trinajstić information content (AvgIpc) is 2.35. The van der Waals surface area contributed by atoms with Crippen molar-refractivity contribution in [2.24, 2.45) is 0 Å². The van der Waals surface area contributed by atoms with E-state index in [2.05, 4.69) is 30.4 Å². The summed E-state index contributed by atoms with van der Waals surface area (Å²) in [5, 5.41) is 22.3. The van der Waals surface area contributed by atoms with Gasteiger partial charge in [-0.2, -0.15) is 0 Å². The number of phenolic OH excluding ortho intramolecular Hbond substituents is 2. The smallest absolute Gasteiger partial charge is 0.119 e. The molecule has 3 N–H and O–H groups in total. The molecule has 19 heavy (non-hydrogen) atoms.